The van der Waals surface area contributed by atoms with E-state index in [2.05, 4.69) is 25.2 Å². The van der Waals surface area contributed by atoms with Crippen molar-refractivity contribution in [3.05, 3.63) is 47.7 Å². The first-order valence-corrected chi connectivity index (χ1v) is 9.42. The van der Waals surface area contributed by atoms with Crippen molar-refractivity contribution in [1.82, 2.24) is 25.2 Å². The van der Waals surface area contributed by atoms with Gasteiger partial charge in [0.25, 0.3) is 10.0 Å². The van der Waals surface area contributed by atoms with E-state index in [1.165, 1.54) is 18.3 Å². The third-order valence-electron chi connectivity index (χ3n) is 3.77. The molecule has 2 heterocycles. The fraction of sp³-hybridized carbons (Fsp3) is 0.200. The summed E-state index contributed by atoms with van der Waals surface area (Å²) in [6.07, 6.45) is 3.52. The molecule has 1 aromatic carbocycles. The smallest absolute Gasteiger partial charge is 0.264 e. The van der Waals surface area contributed by atoms with E-state index in [4.69, 9.17) is 11.6 Å². The summed E-state index contributed by atoms with van der Waals surface area (Å²) in [5, 5.41) is 11.7. The van der Waals surface area contributed by atoms with Crippen LogP contribution in [-0.4, -0.2) is 33.6 Å². The molecule has 1 saturated carbocycles. The number of halogens is 1. The second kappa shape index (κ2) is 6.08. The predicted molar refractivity (Wildman–Crippen MR) is 91.6 cm³/mol. The number of aromatic nitrogens is 5. The van der Waals surface area contributed by atoms with Crippen LogP contribution in [0.25, 0.3) is 11.4 Å². The topological polar surface area (TPSA) is 103 Å². The molecule has 3 aromatic rings. The van der Waals surface area contributed by atoms with E-state index in [1.54, 1.807) is 22.9 Å². The molecule has 8 nitrogen and oxygen atoms in total. The SMILES string of the molecule is O=S(=O)(Nc1cccc(-c2nnnn2C2CC2)c1)c1cccnc1Cl. The average molecular weight is 377 g/mol. The van der Waals surface area contributed by atoms with Gasteiger partial charge >= 0.3 is 0 Å². The second-order valence-electron chi connectivity index (χ2n) is 5.66. The van der Waals surface area contributed by atoms with E-state index in [-0.39, 0.29) is 10.0 Å². The van der Waals surface area contributed by atoms with Crippen LogP contribution in [0, 0.1) is 0 Å². The van der Waals surface area contributed by atoms with E-state index in [0.29, 0.717) is 17.6 Å². The first-order chi connectivity index (χ1) is 12.0. The Kier molecular flexibility index (Phi) is 3.89. The maximum atomic E-state index is 12.5. The van der Waals surface area contributed by atoms with Crippen LogP contribution in [0.5, 0.6) is 0 Å². The zero-order valence-electron chi connectivity index (χ0n) is 12.9. The Labute approximate surface area is 148 Å². The molecule has 0 unspecified atom stereocenters. The zero-order valence-corrected chi connectivity index (χ0v) is 14.4. The van der Waals surface area contributed by atoms with Gasteiger partial charge < -0.3 is 0 Å². The number of tetrazole rings is 1. The molecule has 0 radical (unpaired) electrons. The molecule has 2 aromatic heterocycles. The maximum absolute atomic E-state index is 12.5. The average Bonchev–Trinajstić information content (AvgIpc) is 3.31. The third-order valence-corrected chi connectivity index (χ3v) is 5.60. The van der Waals surface area contributed by atoms with Gasteiger partial charge in [0.05, 0.1) is 6.04 Å². The summed E-state index contributed by atoms with van der Waals surface area (Å²) >= 11 is 5.89. The monoisotopic (exact) mass is 376 g/mol. The fourth-order valence-electron chi connectivity index (χ4n) is 2.45. The standard InChI is InChI=1S/C15H13ClN6O2S/c16-14-13(5-2-8-17-14)25(23,24)19-11-4-1-3-10(9-11)15-18-20-21-22(15)12-6-7-12/h1-5,8-9,12,19H,6-7H2. The zero-order chi connectivity index (χ0) is 17.4. The van der Waals surface area contributed by atoms with Crippen molar-refractivity contribution in [1.29, 1.82) is 0 Å². The first kappa shape index (κ1) is 16.0. The van der Waals surface area contributed by atoms with Crippen LogP contribution in [0.2, 0.25) is 5.15 Å². The van der Waals surface area contributed by atoms with Crippen LogP contribution in [0.15, 0.2) is 47.5 Å². The van der Waals surface area contributed by atoms with Gasteiger partial charge in [0.2, 0.25) is 0 Å². The van der Waals surface area contributed by atoms with E-state index < -0.39 is 10.0 Å². The van der Waals surface area contributed by atoms with Gasteiger partial charge in [0, 0.05) is 17.4 Å². The number of nitrogens with zero attached hydrogens (tertiary/aromatic N) is 5. The summed E-state index contributed by atoms with van der Waals surface area (Å²) in [5.74, 6) is 0.614. The lowest BCUT2D eigenvalue weighted by molar-refractivity contribution is 0.601. The minimum Gasteiger partial charge on any atom is -0.280 e. The highest BCUT2D eigenvalue weighted by Crippen LogP contribution is 2.37. The summed E-state index contributed by atoms with van der Waals surface area (Å²) in [6.45, 7) is 0. The second-order valence-corrected chi connectivity index (χ2v) is 7.67. The lowest BCUT2D eigenvalue weighted by Crippen LogP contribution is -2.14. The molecule has 1 N–H and O–H groups in total. The van der Waals surface area contributed by atoms with Gasteiger partial charge in [-0.15, -0.1) is 5.10 Å². The van der Waals surface area contributed by atoms with Crippen molar-refractivity contribution in [3.63, 3.8) is 0 Å². The lowest BCUT2D eigenvalue weighted by atomic mass is 10.2. The molecule has 0 amide bonds. The molecule has 0 spiro atoms. The predicted octanol–water partition coefficient (Wildman–Crippen LogP) is 2.52. The Morgan fingerprint density at radius 1 is 1.20 bits per heavy atom. The van der Waals surface area contributed by atoms with Crippen molar-refractivity contribution >= 4 is 27.3 Å². The number of anilines is 1. The summed E-state index contributed by atoms with van der Waals surface area (Å²) in [6, 6.07) is 10.1. The molecular formula is C15H13ClN6O2S. The largest absolute Gasteiger partial charge is 0.280 e. The summed E-state index contributed by atoms with van der Waals surface area (Å²) < 4.78 is 29.3. The van der Waals surface area contributed by atoms with E-state index >= 15 is 0 Å². The van der Waals surface area contributed by atoms with Crippen LogP contribution in [0.4, 0.5) is 5.69 Å². The van der Waals surface area contributed by atoms with E-state index in [1.807, 2.05) is 6.07 Å². The lowest BCUT2D eigenvalue weighted by Gasteiger charge is -2.10. The van der Waals surface area contributed by atoms with Gasteiger partial charge in [-0.1, -0.05) is 23.7 Å². The normalized spacial score (nSPS) is 14.4. The summed E-state index contributed by atoms with van der Waals surface area (Å²) in [7, 11) is -3.85. The highest BCUT2D eigenvalue weighted by Gasteiger charge is 2.28. The molecule has 1 aliphatic carbocycles. The molecule has 128 valence electrons. The highest BCUT2D eigenvalue weighted by atomic mass is 35.5. The molecule has 1 fully saturated rings. The van der Waals surface area contributed by atoms with Crippen LogP contribution in [0.3, 0.4) is 0 Å². The fourth-order valence-corrected chi connectivity index (χ4v) is 3.96. The molecule has 1 aliphatic rings. The van der Waals surface area contributed by atoms with Gasteiger partial charge in [-0.05, 0) is 47.5 Å². The van der Waals surface area contributed by atoms with Gasteiger partial charge in [0.15, 0.2) is 5.82 Å². The number of rotatable bonds is 5. The molecule has 4 rings (SSSR count). The Hall–Kier alpha value is -2.52. The molecule has 0 saturated heterocycles. The Bertz CT molecular complexity index is 1030. The van der Waals surface area contributed by atoms with Crippen molar-refractivity contribution in [2.45, 2.75) is 23.8 Å². The Morgan fingerprint density at radius 3 is 2.80 bits per heavy atom. The van der Waals surface area contributed by atoms with Crippen LogP contribution >= 0.6 is 11.6 Å². The molecule has 0 bridgehead atoms. The molecule has 25 heavy (non-hydrogen) atoms. The Morgan fingerprint density at radius 2 is 2.04 bits per heavy atom. The number of benzene rings is 1. The number of nitrogens with one attached hydrogen (secondary N) is 1. The number of hydrogen-bond donors (Lipinski definition) is 1. The molecular weight excluding hydrogens is 364 g/mol. The highest BCUT2D eigenvalue weighted by molar-refractivity contribution is 7.92. The maximum Gasteiger partial charge on any atom is 0.264 e. The minimum atomic E-state index is -3.85. The van der Waals surface area contributed by atoms with Gasteiger partial charge in [-0.3, -0.25) is 4.72 Å². The van der Waals surface area contributed by atoms with Crippen molar-refractivity contribution < 1.29 is 8.42 Å². The van der Waals surface area contributed by atoms with Gasteiger partial charge in [-0.2, -0.15) is 0 Å². The number of pyridine rings is 1. The summed E-state index contributed by atoms with van der Waals surface area (Å²) in [5.41, 5.74) is 1.12. The van der Waals surface area contributed by atoms with Crippen LogP contribution in [-0.2, 0) is 10.0 Å². The Balaban J connectivity index is 1.66. The van der Waals surface area contributed by atoms with E-state index in [0.717, 1.165) is 18.4 Å². The van der Waals surface area contributed by atoms with Crippen LogP contribution in [0.1, 0.15) is 18.9 Å². The van der Waals surface area contributed by atoms with Gasteiger partial charge in [-0.25, -0.2) is 18.1 Å². The quantitative estimate of drug-likeness (QED) is 0.686. The van der Waals surface area contributed by atoms with E-state index in [9.17, 15) is 8.42 Å². The molecule has 0 aliphatic heterocycles. The number of sulfonamides is 1. The van der Waals surface area contributed by atoms with Crippen molar-refractivity contribution in [3.8, 4) is 11.4 Å². The van der Waals surface area contributed by atoms with Gasteiger partial charge in [0.1, 0.15) is 10.0 Å². The first-order valence-electron chi connectivity index (χ1n) is 7.56. The third kappa shape index (κ3) is 3.20. The minimum absolute atomic E-state index is 0.0788. The molecule has 10 heteroatoms. The van der Waals surface area contributed by atoms with Crippen molar-refractivity contribution in [2.24, 2.45) is 0 Å². The molecule has 0 atom stereocenters. The summed E-state index contributed by atoms with van der Waals surface area (Å²) in [4.78, 5) is 3.72. The number of hydrogen-bond acceptors (Lipinski definition) is 6. The van der Waals surface area contributed by atoms with Crippen molar-refractivity contribution in [2.75, 3.05) is 4.72 Å². The van der Waals surface area contributed by atoms with Crippen LogP contribution < -0.4 is 4.72 Å².